The standard InChI is InChI=1S/C12H10ClF3N2O2S/c1-18-6-9(21(13,19)20)4-8(18)5-17-7-2-10(14)12(16)11(15)3-7/h2-4,6,17H,5H2,1H3. The van der Waals surface area contributed by atoms with Gasteiger partial charge in [0.05, 0.1) is 6.54 Å². The monoisotopic (exact) mass is 338 g/mol. The molecule has 0 fully saturated rings. The molecule has 9 heteroatoms. The molecule has 0 atom stereocenters. The highest BCUT2D eigenvalue weighted by molar-refractivity contribution is 8.13. The van der Waals surface area contributed by atoms with Gasteiger partial charge in [0, 0.05) is 47.4 Å². The molecular weight excluding hydrogens is 329 g/mol. The lowest BCUT2D eigenvalue weighted by Crippen LogP contribution is -2.05. The molecule has 0 bridgehead atoms. The Morgan fingerprint density at radius 2 is 1.76 bits per heavy atom. The van der Waals surface area contributed by atoms with Crippen LogP contribution in [0.2, 0.25) is 0 Å². The molecule has 2 aromatic rings. The summed E-state index contributed by atoms with van der Waals surface area (Å²) in [5.74, 6) is -4.17. The molecule has 0 aliphatic carbocycles. The van der Waals surface area contributed by atoms with Crippen LogP contribution in [0.15, 0.2) is 29.3 Å². The summed E-state index contributed by atoms with van der Waals surface area (Å²) in [4.78, 5) is -0.0834. The molecule has 0 amide bonds. The second-order valence-corrected chi connectivity index (χ2v) is 6.89. The molecule has 4 nitrogen and oxygen atoms in total. The Bertz CT molecular complexity index is 767. The molecule has 21 heavy (non-hydrogen) atoms. The number of hydrogen-bond donors (Lipinski definition) is 1. The molecule has 0 saturated heterocycles. The summed E-state index contributed by atoms with van der Waals surface area (Å²) in [5, 5.41) is 2.67. The van der Waals surface area contributed by atoms with E-state index in [2.05, 4.69) is 5.32 Å². The first-order valence-electron chi connectivity index (χ1n) is 5.67. The Kier molecular flexibility index (Phi) is 4.20. The number of rotatable bonds is 4. The highest BCUT2D eigenvalue weighted by Gasteiger charge is 2.15. The number of halogens is 4. The predicted molar refractivity (Wildman–Crippen MR) is 72.1 cm³/mol. The van der Waals surface area contributed by atoms with Crippen LogP contribution in [-0.4, -0.2) is 13.0 Å². The van der Waals surface area contributed by atoms with Gasteiger partial charge in [-0.15, -0.1) is 0 Å². The van der Waals surface area contributed by atoms with Crippen molar-refractivity contribution < 1.29 is 21.6 Å². The second kappa shape index (κ2) is 5.61. The first-order valence-corrected chi connectivity index (χ1v) is 7.97. The summed E-state index contributed by atoms with van der Waals surface area (Å²) < 4.78 is 62.8. The van der Waals surface area contributed by atoms with E-state index in [4.69, 9.17) is 10.7 Å². The van der Waals surface area contributed by atoms with Crippen molar-refractivity contribution in [1.29, 1.82) is 0 Å². The maximum absolute atomic E-state index is 13.0. The van der Waals surface area contributed by atoms with Gasteiger partial charge < -0.3 is 9.88 Å². The van der Waals surface area contributed by atoms with Crippen molar-refractivity contribution in [2.75, 3.05) is 5.32 Å². The van der Waals surface area contributed by atoms with Crippen molar-refractivity contribution in [3.8, 4) is 0 Å². The third-order valence-corrected chi connectivity index (χ3v) is 4.14. The van der Waals surface area contributed by atoms with Crippen LogP contribution >= 0.6 is 10.7 Å². The van der Waals surface area contributed by atoms with Crippen LogP contribution in [0.25, 0.3) is 0 Å². The smallest absolute Gasteiger partial charge is 0.262 e. The van der Waals surface area contributed by atoms with E-state index in [0.29, 0.717) is 5.69 Å². The lowest BCUT2D eigenvalue weighted by atomic mass is 10.2. The summed E-state index contributed by atoms with van der Waals surface area (Å²) in [6.07, 6.45) is 1.31. The largest absolute Gasteiger partial charge is 0.379 e. The lowest BCUT2D eigenvalue weighted by Gasteiger charge is -2.08. The first kappa shape index (κ1) is 15.7. The van der Waals surface area contributed by atoms with Crippen LogP contribution in [0, 0.1) is 17.5 Å². The van der Waals surface area contributed by atoms with E-state index < -0.39 is 26.5 Å². The van der Waals surface area contributed by atoms with E-state index in [9.17, 15) is 21.6 Å². The maximum atomic E-state index is 13.0. The summed E-state index contributed by atoms with van der Waals surface area (Å²) in [7, 11) is 2.96. The van der Waals surface area contributed by atoms with Crippen molar-refractivity contribution in [3.05, 3.63) is 47.5 Å². The zero-order valence-electron chi connectivity index (χ0n) is 10.7. The van der Waals surface area contributed by atoms with E-state index in [1.807, 2.05) is 0 Å². The molecule has 0 saturated carbocycles. The third-order valence-electron chi connectivity index (χ3n) is 2.82. The Labute approximate surface area is 123 Å². The third kappa shape index (κ3) is 3.51. The molecule has 0 radical (unpaired) electrons. The lowest BCUT2D eigenvalue weighted by molar-refractivity contribution is 0.447. The number of benzene rings is 1. The fourth-order valence-corrected chi connectivity index (χ4v) is 2.55. The molecule has 1 aromatic carbocycles. The quantitative estimate of drug-likeness (QED) is 0.689. The SMILES string of the molecule is Cn1cc(S(=O)(=O)Cl)cc1CNc1cc(F)c(F)c(F)c1. The van der Waals surface area contributed by atoms with Gasteiger partial charge in [-0.3, -0.25) is 0 Å². The van der Waals surface area contributed by atoms with Crippen molar-refractivity contribution in [3.63, 3.8) is 0 Å². The minimum absolute atomic E-state index is 0.0304. The van der Waals surface area contributed by atoms with E-state index in [1.165, 1.54) is 16.8 Å². The van der Waals surface area contributed by atoms with Crippen molar-refractivity contribution in [2.24, 2.45) is 7.05 Å². The predicted octanol–water partition coefficient (Wildman–Crippen LogP) is 2.98. The molecule has 1 heterocycles. The Hall–Kier alpha value is -1.67. The molecule has 0 spiro atoms. The zero-order chi connectivity index (χ0) is 15.8. The summed E-state index contributed by atoms with van der Waals surface area (Å²) in [6.45, 7) is 0.0768. The van der Waals surface area contributed by atoms with E-state index in [1.54, 1.807) is 7.05 Å². The second-order valence-electron chi connectivity index (χ2n) is 4.32. The normalized spacial score (nSPS) is 11.7. The van der Waals surface area contributed by atoms with Gasteiger partial charge in [0.1, 0.15) is 4.90 Å². The van der Waals surface area contributed by atoms with Gasteiger partial charge in [-0.05, 0) is 6.07 Å². The topological polar surface area (TPSA) is 51.1 Å². The molecule has 2 rings (SSSR count). The summed E-state index contributed by atoms with van der Waals surface area (Å²) in [5.41, 5.74) is 0.544. The molecule has 0 aliphatic rings. The van der Waals surface area contributed by atoms with Gasteiger partial charge in [0.15, 0.2) is 17.5 Å². The number of nitrogens with one attached hydrogen (secondary N) is 1. The minimum atomic E-state index is -3.85. The van der Waals surface area contributed by atoms with Gasteiger partial charge in [0.2, 0.25) is 0 Å². The zero-order valence-corrected chi connectivity index (χ0v) is 12.3. The minimum Gasteiger partial charge on any atom is -0.379 e. The highest BCUT2D eigenvalue weighted by Crippen LogP contribution is 2.20. The number of anilines is 1. The Balaban J connectivity index is 2.19. The number of hydrogen-bond acceptors (Lipinski definition) is 3. The van der Waals surface area contributed by atoms with Crippen molar-refractivity contribution in [1.82, 2.24) is 4.57 Å². The summed E-state index contributed by atoms with van der Waals surface area (Å²) in [6, 6.07) is 2.94. The average Bonchev–Trinajstić information content (AvgIpc) is 2.74. The van der Waals surface area contributed by atoms with Crippen LogP contribution in [0.1, 0.15) is 5.69 Å². The van der Waals surface area contributed by atoms with Gasteiger partial charge in [-0.1, -0.05) is 0 Å². The van der Waals surface area contributed by atoms with Gasteiger partial charge >= 0.3 is 0 Å². The van der Waals surface area contributed by atoms with E-state index in [0.717, 1.165) is 12.1 Å². The maximum Gasteiger partial charge on any atom is 0.262 e. The van der Waals surface area contributed by atoms with E-state index in [-0.39, 0.29) is 17.1 Å². The van der Waals surface area contributed by atoms with Crippen molar-refractivity contribution >= 4 is 25.4 Å². The number of aromatic nitrogens is 1. The first-order chi connectivity index (χ1) is 9.68. The molecule has 1 aromatic heterocycles. The number of aryl methyl sites for hydroxylation is 1. The average molecular weight is 339 g/mol. The fraction of sp³-hybridized carbons (Fsp3) is 0.167. The van der Waals surface area contributed by atoms with Gasteiger partial charge in [0.25, 0.3) is 9.05 Å². The van der Waals surface area contributed by atoms with Crippen LogP contribution < -0.4 is 5.32 Å². The molecule has 1 N–H and O–H groups in total. The Morgan fingerprint density at radius 1 is 1.19 bits per heavy atom. The molecular formula is C12H10ClF3N2O2S. The van der Waals surface area contributed by atoms with Crippen LogP contribution in [0.5, 0.6) is 0 Å². The molecule has 0 unspecified atom stereocenters. The molecule has 114 valence electrons. The van der Waals surface area contributed by atoms with Crippen LogP contribution in [0.4, 0.5) is 18.9 Å². The van der Waals surface area contributed by atoms with E-state index >= 15 is 0 Å². The Morgan fingerprint density at radius 3 is 2.24 bits per heavy atom. The highest BCUT2D eigenvalue weighted by atomic mass is 35.7. The van der Waals surface area contributed by atoms with Crippen LogP contribution in [0.3, 0.4) is 0 Å². The van der Waals surface area contributed by atoms with Crippen molar-refractivity contribution in [2.45, 2.75) is 11.4 Å². The van der Waals surface area contributed by atoms with Crippen LogP contribution in [-0.2, 0) is 22.6 Å². The summed E-state index contributed by atoms with van der Waals surface area (Å²) >= 11 is 0. The fourth-order valence-electron chi connectivity index (χ4n) is 1.74. The van der Waals surface area contributed by atoms with Gasteiger partial charge in [-0.2, -0.15) is 0 Å². The molecule has 0 aliphatic heterocycles. The number of nitrogens with zero attached hydrogens (tertiary/aromatic N) is 1. The van der Waals surface area contributed by atoms with Gasteiger partial charge in [-0.25, -0.2) is 21.6 Å².